The van der Waals surface area contributed by atoms with E-state index in [4.69, 9.17) is 9.47 Å². The molecule has 1 aromatic heterocycles. The van der Waals surface area contributed by atoms with Gasteiger partial charge in [0.1, 0.15) is 24.8 Å². The predicted octanol–water partition coefficient (Wildman–Crippen LogP) is -0.668. The second-order valence-corrected chi connectivity index (χ2v) is 5.41. The number of aromatic nitrogens is 2. The van der Waals surface area contributed by atoms with Crippen molar-refractivity contribution in [3.63, 3.8) is 0 Å². The Hall–Kier alpha value is -2.55. The molecule has 0 radical (unpaired) electrons. The first-order chi connectivity index (χ1) is 11.4. The van der Waals surface area contributed by atoms with Gasteiger partial charge in [0.25, 0.3) is 5.56 Å². The molecular formula is C15H18N2O7. The van der Waals surface area contributed by atoms with E-state index in [9.17, 15) is 24.0 Å². The van der Waals surface area contributed by atoms with Gasteiger partial charge in [-0.15, -0.1) is 0 Å². The number of esters is 1. The van der Waals surface area contributed by atoms with Gasteiger partial charge in [-0.25, -0.2) is 4.79 Å². The maximum Gasteiger partial charge on any atom is 0.328 e. The van der Waals surface area contributed by atoms with E-state index in [1.54, 1.807) is 6.92 Å². The molecule has 0 saturated carbocycles. The van der Waals surface area contributed by atoms with Crippen molar-refractivity contribution in [1.29, 1.82) is 0 Å². The average Bonchev–Trinajstić information content (AvgIpc) is 2.84. The Morgan fingerprint density at radius 1 is 1.42 bits per heavy atom. The molecule has 4 atom stereocenters. The summed E-state index contributed by atoms with van der Waals surface area (Å²) in [5, 5.41) is 0. The Kier molecular flexibility index (Phi) is 5.45. The lowest BCUT2D eigenvalue weighted by Gasteiger charge is -2.20. The standard InChI is InChI=1S/C15H18N2O7/c1-3-17-6-9(14(21)16-15(17)22)12-13(23-8(2)20)10(7-19)11(24-12)4-5-18/h5-7,10-13H,3-4H2,1-2H3,(H,16,21,22)/t10-,11-,12+,13-/m1/s1. The summed E-state index contributed by atoms with van der Waals surface area (Å²) in [7, 11) is 0. The fourth-order valence-electron chi connectivity index (χ4n) is 2.79. The monoisotopic (exact) mass is 338 g/mol. The van der Waals surface area contributed by atoms with E-state index in [1.807, 2.05) is 0 Å². The molecule has 130 valence electrons. The summed E-state index contributed by atoms with van der Waals surface area (Å²) in [6, 6.07) is 0. The van der Waals surface area contributed by atoms with Crippen LogP contribution in [0.2, 0.25) is 0 Å². The summed E-state index contributed by atoms with van der Waals surface area (Å²) >= 11 is 0. The van der Waals surface area contributed by atoms with E-state index in [0.717, 1.165) is 0 Å². The topological polar surface area (TPSA) is 125 Å². The van der Waals surface area contributed by atoms with Crippen LogP contribution in [-0.2, 0) is 30.4 Å². The Labute approximate surface area is 136 Å². The van der Waals surface area contributed by atoms with Crippen LogP contribution in [0.5, 0.6) is 0 Å². The molecule has 0 amide bonds. The fourth-order valence-corrected chi connectivity index (χ4v) is 2.79. The van der Waals surface area contributed by atoms with Gasteiger partial charge in [0, 0.05) is 26.1 Å². The number of nitrogens with zero attached hydrogens (tertiary/aromatic N) is 1. The van der Waals surface area contributed by atoms with E-state index in [-0.39, 0.29) is 12.0 Å². The van der Waals surface area contributed by atoms with Crippen LogP contribution in [0.25, 0.3) is 0 Å². The van der Waals surface area contributed by atoms with Crippen molar-refractivity contribution in [2.24, 2.45) is 5.92 Å². The van der Waals surface area contributed by atoms with Crippen molar-refractivity contribution < 1.29 is 23.9 Å². The van der Waals surface area contributed by atoms with Gasteiger partial charge in [-0.3, -0.25) is 14.6 Å². The molecule has 1 saturated heterocycles. The van der Waals surface area contributed by atoms with Gasteiger partial charge < -0.3 is 23.6 Å². The summed E-state index contributed by atoms with van der Waals surface area (Å²) in [4.78, 5) is 59.5. The van der Waals surface area contributed by atoms with Crippen molar-refractivity contribution >= 4 is 18.5 Å². The smallest absolute Gasteiger partial charge is 0.328 e. The molecule has 24 heavy (non-hydrogen) atoms. The quantitative estimate of drug-likeness (QED) is 0.539. The molecule has 0 aliphatic carbocycles. The molecular weight excluding hydrogens is 320 g/mol. The zero-order valence-corrected chi connectivity index (χ0v) is 13.3. The number of nitrogens with one attached hydrogen (secondary N) is 1. The summed E-state index contributed by atoms with van der Waals surface area (Å²) in [6.07, 6.45) is -0.533. The third kappa shape index (κ3) is 3.35. The first-order valence-corrected chi connectivity index (χ1v) is 7.48. The first kappa shape index (κ1) is 17.8. The number of rotatable bonds is 6. The van der Waals surface area contributed by atoms with Gasteiger partial charge in [-0.2, -0.15) is 0 Å². The van der Waals surface area contributed by atoms with Gasteiger partial charge in [0.2, 0.25) is 0 Å². The highest BCUT2D eigenvalue weighted by atomic mass is 16.6. The van der Waals surface area contributed by atoms with Gasteiger partial charge in [-0.05, 0) is 6.92 Å². The normalized spacial score (nSPS) is 26.1. The third-order valence-corrected chi connectivity index (χ3v) is 3.90. The van der Waals surface area contributed by atoms with Crippen molar-refractivity contribution in [3.05, 3.63) is 32.6 Å². The minimum Gasteiger partial charge on any atom is -0.459 e. The van der Waals surface area contributed by atoms with Gasteiger partial charge in [-0.1, -0.05) is 0 Å². The number of hydrogen-bond acceptors (Lipinski definition) is 7. The summed E-state index contributed by atoms with van der Waals surface area (Å²) in [6.45, 7) is 3.19. The molecule has 1 fully saturated rings. The van der Waals surface area contributed by atoms with E-state index in [2.05, 4.69) is 4.98 Å². The SMILES string of the molecule is CCn1cc([C@@H]2O[C@H](CC=O)[C@@H](C=O)[C@H]2OC(C)=O)c(=O)[nH]c1=O. The molecule has 0 bridgehead atoms. The van der Waals surface area contributed by atoms with Crippen LogP contribution in [-0.4, -0.2) is 40.3 Å². The Morgan fingerprint density at radius 3 is 2.67 bits per heavy atom. The molecule has 9 nitrogen and oxygen atoms in total. The van der Waals surface area contributed by atoms with Crippen LogP contribution in [0.4, 0.5) is 0 Å². The maximum absolute atomic E-state index is 12.1. The number of H-pyrrole nitrogens is 1. The lowest BCUT2D eigenvalue weighted by Crippen LogP contribution is -2.36. The van der Waals surface area contributed by atoms with E-state index in [0.29, 0.717) is 19.1 Å². The van der Waals surface area contributed by atoms with E-state index >= 15 is 0 Å². The summed E-state index contributed by atoms with van der Waals surface area (Å²) in [5.41, 5.74) is -1.21. The molecule has 9 heteroatoms. The highest BCUT2D eigenvalue weighted by molar-refractivity contribution is 5.67. The number of aldehydes is 2. The number of ether oxygens (including phenoxy) is 2. The molecule has 1 aliphatic heterocycles. The summed E-state index contributed by atoms with van der Waals surface area (Å²) in [5.74, 6) is -1.53. The second-order valence-electron chi connectivity index (χ2n) is 5.41. The number of carbonyl (C=O) groups is 3. The number of hydrogen-bond donors (Lipinski definition) is 1. The maximum atomic E-state index is 12.1. The molecule has 1 aliphatic rings. The van der Waals surface area contributed by atoms with Crippen LogP contribution >= 0.6 is 0 Å². The van der Waals surface area contributed by atoms with Gasteiger partial charge >= 0.3 is 11.7 Å². The summed E-state index contributed by atoms with van der Waals surface area (Å²) < 4.78 is 12.1. The van der Waals surface area contributed by atoms with Gasteiger partial charge in [0.05, 0.1) is 17.6 Å². The highest BCUT2D eigenvalue weighted by Gasteiger charge is 2.48. The lowest BCUT2D eigenvalue weighted by molar-refractivity contribution is -0.151. The minimum absolute atomic E-state index is 0.0583. The zero-order valence-electron chi connectivity index (χ0n) is 13.3. The Morgan fingerprint density at radius 2 is 2.12 bits per heavy atom. The van der Waals surface area contributed by atoms with Crippen LogP contribution < -0.4 is 11.2 Å². The molecule has 2 rings (SSSR count). The van der Waals surface area contributed by atoms with Crippen LogP contribution in [0.15, 0.2) is 15.8 Å². The minimum atomic E-state index is -1.05. The lowest BCUT2D eigenvalue weighted by atomic mass is 9.94. The largest absolute Gasteiger partial charge is 0.459 e. The van der Waals surface area contributed by atoms with Crippen molar-refractivity contribution in [2.45, 2.75) is 45.1 Å². The molecule has 1 N–H and O–H groups in total. The highest BCUT2D eigenvalue weighted by Crippen LogP contribution is 2.38. The zero-order chi connectivity index (χ0) is 17.9. The predicted molar refractivity (Wildman–Crippen MR) is 80.4 cm³/mol. The molecule has 0 aromatic carbocycles. The van der Waals surface area contributed by atoms with Crippen LogP contribution in [0.3, 0.4) is 0 Å². The number of aromatic amines is 1. The van der Waals surface area contributed by atoms with Crippen LogP contribution in [0, 0.1) is 5.92 Å². The first-order valence-electron chi connectivity index (χ1n) is 7.48. The molecule has 0 unspecified atom stereocenters. The number of aryl methyl sites for hydroxylation is 1. The molecule has 1 aromatic rings. The third-order valence-electron chi connectivity index (χ3n) is 3.90. The average molecular weight is 338 g/mol. The van der Waals surface area contributed by atoms with Crippen molar-refractivity contribution in [2.75, 3.05) is 0 Å². The van der Waals surface area contributed by atoms with Gasteiger partial charge in [0.15, 0.2) is 0 Å². The van der Waals surface area contributed by atoms with E-state index in [1.165, 1.54) is 17.7 Å². The van der Waals surface area contributed by atoms with Crippen molar-refractivity contribution in [3.8, 4) is 0 Å². The number of carbonyl (C=O) groups excluding carboxylic acids is 3. The van der Waals surface area contributed by atoms with E-state index < -0.39 is 41.4 Å². The molecule has 0 spiro atoms. The Bertz CT molecular complexity index is 751. The van der Waals surface area contributed by atoms with Crippen LogP contribution in [0.1, 0.15) is 31.9 Å². The second kappa shape index (κ2) is 7.35. The fraction of sp³-hybridized carbons (Fsp3) is 0.533. The Balaban J connectivity index is 2.51. The molecule has 2 heterocycles. The van der Waals surface area contributed by atoms with Crippen molar-refractivity contribution in [1.82, 2.24) is 9.55 Å².